The number of sulfonamides is 2. The molecule has 2 aromatic heterocycles. The van der Waals surface area contributed by atoms with Crippen LogP contribution in [0, 0.1) is 0 Å². The highest BCUT2D eigenvalue weighted by atomic mass is 32.2. The van der Waals surface area contributed by atoms with Gasteiger partial charge in [0, 0.05) is 80.3 Å². The zero-order valence-corrected chi connectivity index (χ0v) is 40.0. The first kappa shape index (κ1) is 50.2. The maximum atomic E-state index is 13.4. The molecule has 0 atom stereocenters. The average molecular weight is 1030 g/mol. The van der Waals surface area contributed by atoms with Gasteiger partial charge in [-0.15, -0.1) is 22.7 Å². The predicted molar refractivity (Wildman–Crippen MR) is 246 cm³/mol. The number of thiazole rings is 2. The van der Waals surface area contributed by atoms with Crippen LogP contribution in [0.15, 0.2) is 105 Å². The van der Waals surface area contributed by atoms with E-state index in [0.717, 1.165) is 44.0 Å². The molecule has 0 saturated carbocycles. The molecule has 0 unspecified atom stereocenters. The summed E-state index contributed by atoms with van der Waals surface area (Å²) >= 11 is 2.80. The van der Waals surface area contributed by atoms with E-state index in [1.165, 1.54) is 46.9 Å². The van der Waals surface area contributed by atoms with Gasteiger partial charge >= 0.3 is 12.4 Å². The predicted octanol–water partition coefficient (Wildman–Crippen LogP) is 8.71. The van der Waals surface area contributed by atoms with Gasteiger partial charge in [-0.05, 0) is 54.6 Å². The Morgan fingerprint density at radius 2 is 0.912 bits per heavy atom. The number of halogens is 6. The second-order valence-corrected chi connectivity index (χ2v) is 20.4. The molecule has 0 bridgehead atoms. The third-order valence-electron chi connectivity index (χ3n) is 11.0. The van der Waals surface area contributed by atoms with Crippen LogP contribution in [0.2, 0.25) is 0 Å². The van der Waals surface area contributed by atoms with Gasteiger partial charge in [0.2, 0.25) is 20.0 Å². The molecule has 0 spiro atoms. The maximum Gasteiger partial charge on any atom is 0.417 e. The number of rotatable bonds is 12. The van der Waals surface area contributed by atoms with E-state index in [1.807, 2.05) is 32.7 Å². The van der Waals surface area contributed by atoms with E-state index >= 15 is 0 Å². The molecule has 4 heterocycles. The van der Waals surface area contributed by atoms with Crippen molar-refractivity contribution in [2.45, 2.75) is 22.1 Å². The van der Waals surface area contributed by atoms with E-state index in [9.17, 15) is 43.2 Å². The number of piperazine rings is 2. The summed E-state index contributed by atoms with van der Waals surface area (Å²) in [6.45, 7) is 1.41. The van der Waals surface area contributed by atoms with Crippen molar-refractivity contribution in [3.63, 3.8) is 0 Å². The Balaban J connectivity index is 0.000000201. The monoisotopic (exact) mass is 1030 g/mol. The van der Waals surface area contributed by atoms with Crippen LogP contribution in [0.4, 0.5) is 36.6 Å². The van der Waals surface area contributed by atoms with Crippen LogP contribution in [-0.2, 0) is 32.4 Å². The molecule has 4 aromatic carbocycles. The SMILES string of the molecule is COc1ccc(-c2csc(N3CCN(S(=O)(=O)c4ccccc4C(F)(F)F)CC3)n2)c(OC)c1.COc1ccc(OC)c(-c2csc(N3CCN(S(=O)(=O)c4ccccc4C(F)(F)F)CC3)n2)c1. The second-order valence-electron chi connectivity index (χ2n) is 14.9. The molecule has 6 aromatic rings. The molecule has 2 aliphatic rings. The van der Waals surface area contributed by atoms with Gasteiger partial charge in [-0.2, -0.15) is 35.0 Å². The molecule has 8 rings (SSSR count). The number of anilines is 2. The number of ether oxygens (including phenoxy) is 4. The minimum absolute atomic E-state index is 0.0475. The zero-order chi connectivity index (χ0) is 49.0. The van der Waals surface area contributed by atoms with Gasteiger partial charge in [0.1, 0.15) is 23.0 Å². The minimum atomic E-state index is -4.76. The Labute approximate surface area is 397 Å². The van der Waals surface area contributed by atoms with Crippen LogP contribution in [0.5, 0.6) is 23.0 Å². The normalized spacial score (nSPS) is 15.4. The molecule has 68 heavy (non-hydrogen) atoms. The molecule has 2 aliphatic heterocycles. The molecule has 14 nitrogen and oxygen atoms in total. The summed E-state index contributed by atoms with van der Waals surface area (Å²) in [5.41, 5.74) is 0.619. The smallest absolute Gasteiger partial charge is 0.417 e. The molecule has 2 saturated heterocycles. The largest absolute Gasteiger partial charge is 0.497 e. The van der Waals surface area contributed by atoms with Gasteiger partial charge < -0.3 is 28.7 Å². The molecule has 0 N–H and O–H groups in total. The number of hydrogen-bond donors (Lipinski definition) is 0. The van der Waals surface area contributed by atoms with Gasteiger partial charge in [-0.1, -0.05) is 24.3 Å². The first-order chi connectivity index (χ1) is 32.3. The highest BCUT2D eigenvalue weighted by molar-refractivity contribution is 7.89. The van der Waals surface area contributed by atoms with Crippen LogP contribution in [-0.4, -0.2) is 116 Å². The van der Waals surface area contributed by atoms with Crippen molar-refractivity contribution in [3.8, 4) is 45.5 Å². The first-order valence-corrected chi connectivity index (χ1v) is 25.1. The fourth-order valence-corrected chi connectivity index (χ4v) is 12.5. The maximum absolute atomic E-state index is 13.4. The molecule has 0 aliphatic carbocycles. The van der Waals surface area contributed by atoms with Gasteiger partial charge in [0.25, 0.3) is 0 Å². The molecule has 0 radical (unpaired) electrons. The van der Waals surface area contributed by atoms with Gasteiger partial charge in [0.05, 0.1) is 60.7 Å². The summed E-state index contributed by atoms with van der Waals surface area (Å²) in [7, 11) is -2.33. The molecule has 0 amide bonds. The molecule has 2 fully saturated rings. The summed E-state index contributed by atoms with van der Waals surface area (Å²) in [6, 6.07) is 19.3. The van der Waals surface area contributed by atoms with Crippen LogP contribution in [0.25, 0.3) is 22.5 Å². The lowest BCUT2D eigenvalue weighted by Gasteiger charge is -2.34. The van der Waals surface area contributed by atoms with Crippen molar-refractivity contribution in [1.29, 1.82) is 0 Å². The Morgan fingerprint density at radius 3 is 1.34 bits per heavy atom. The molecule has 364 valence electrons. The van der Waals surface area contributed by atoms with Crippen LogP contribution in [0.1, 0.15) is 11.1 Å². The summed E-state index contributed by atoms with van der Waals surface area (Å²) in [5, 5.41) is 5.13. The van der Waals surface area contributed by atoms with E-state index in [2.05, 4.69) is 9.97 Å². The van der Waals surface area contributed by atoms with Crippen molar-refractivity contribution in [3.05, 3.63) is 107 Å². The lowest BCUT2D eigenvalue weighted by molar-refractivity contribution is -0.140. The third-order valence-corrected chi connectivity index (χ3v) is 16.7. The van der Waals surface area contributed by atoms with Crippen molar-refractivity contribution in [2.24, 2.45) is 0 Å². The van der Waals surface area contributed by atoms with E-state index in [-0.39, 0.29) is 26.2 Å². The highest BCUT2D eigenvalue weighted by Gasteiger charge is 2.41. The molecular formula is C44H44F6N6O8S4. The summed E-state index contributed by atoms with van der Waals surface area (Å²) in [6.07, 6.45) is -9.52. The Kier molecular flexibility index (Phi) is 15.2. The Bertz CT molecular complexity index is 2940. The average Bonchev–Trinajstić information content (AvgIpc) is 4.05. The number of hydrogen-bond acceptors (Lipinski definition) is 14. The summed E-state index contributed by atoms with van der Waals surface area (Å²) in [5.74, 6) is 2.55. The van der Waals surface area contributed by atoms with Crippen molar-refractivity contribution in [1.82, 2.24) is 18.6 Å². The minimum Gasteiger partial charge on any atom is -0.497 e. The van der Waals surface area contributed by atoms with E-state index in [4.69, 9.17) is 18.9 Å². The number of aromatic nitrogens is 2. The summed E-state index contributed by atoms with van der Waals surface area (Å²) in [4.78, 5) is 11.7. The van der Waals surface area contributed by atoms with E-state index < -0.39 is 53.3 Å². The van der Waals surface area contributed by atoms with Crippen molar-refractivity contribution < 1.29 is 62.1 Å². The van der Waals surface area contributed by atoms with Crippen LogP contribution >= 0.6 is 22.7 Å². The standard InChI is InChI=1S/2C22H22F3N3O4S2/c1-31-15-7-8-19(32-2)16(13-15)18-14-33-21(26-18)27-9-11-28(12-10-27)34(29,30)20-6-4-3-5-17(20)22(23,24)25;1-31-15-7-8-16(19(13-15)32-2)18-14-33-21(26-18)27-9-11-28(12-10-27)34(29,30)20-6-4-3-5-17(20)22(23,24)25/h2*3-8,13-14H,9-12H2,1-2H3. The number of benzene rings is 4. The lowest BCUT2D eigenvalue weighted by Crippen LogP contribution is -2.48. The van der Waals surface area contributed by atoms with E-state index in [0.29, 0.717) is 70.8 Å². The topological polar surface area (TPSA) is 144 Å². The number of alkyl halides is 6. The highest BCUT2D eigenvalue weighted by Crippen LogP contribution is 2.40. The number of nitrogens with zero attached hydrogens (tertiary/aromatic N) is 6. The van der Waals surface area contributed by atoms with E-state index in [1.54, 1.807) is 52.7 Å². The van der Waals surface area contributed by atoms with Crippen molar-refractivity contribution >= 4 is 53.0 Å². The first-order valence-electron chi connectivity index (χ1n) is 20.5. The van der Waals surface area contributed by atoms with Crippen LogP contribution < -0.4 is 28.7 Å². The number of methoxy groups -OCH3 is 4. The second kappa shape index (κ2) is 20.5. The fraction of sp³-hybridized carbons (Fsp3) is 0.318. The molecule has 24 heteroatoms. The van der Waals surface area contributed by atoms with Gasteiger partial charge in [-0.25, -0.2) is 26.8 Å². The molecular weight excluding hydrogens is 983 g/mol. The lowest BCUT2D eigenvalue weighted by atomic mass is 10.1. The van der Waals surface area contributed by atoms with Gasteiger partial charge in [0.15, 0.2) is 10.3 Å². The van der Waals surface area contributed by atoms with Gasteiger partial charge in [-0.3, -0.25) is 0 Å². The summed E-state index contributed by atoms with van der Waals surface area (Å²) < 4.78 is 156. The quantitative estimate of drug-likeness (QED) is 0.108. The Hall–Kier alpha value is -5.66. The zero-order valence-electron chi connectivity index (χ0n) is 36.7. The van der Waals surface area contributed by atoms with Crippen LogP contribution in [0.3, 0.4) is 0 Å². The van der Waals surface area contributed by atoms with Crippen molar-refractivity contribution in [2.75, 3.05) is 90.6 Å². The Morgan fingerprint density at radius 1 is 0.500 bits per heavy atom. The fourth-order valence-electron chi connectivity index (χ4n) is 7.46. The third kappa shape index (κ3) is 10.8.